The van der Waals surface area contributed by atoms with Crippen molar-refractivity contribution in [2.75, 3.05) is 13.2 Å². The lowest BCUT2D eigenvalue weighted by molar-refractivity contribution is -0.167. The van der Waals surface area contributed by atoms with Crippen molar-refractivity contribution in [2.45, 2.75) is 303 Å². The molecule has 0 heterocycles. The van der Waals surface area contributed by atoms with Gasteiger partial charge < -0.3 is 14.2 Å². The van der Waals surface area contributed by atoms with Crippen molar-refractivity contribution >= 4 is 17.9 Å². The Morgan fingerprint density at radius 1 is 0.292 bits per heavy atom. The van der Waals surface area contributed by atoms with E-state index in [2.05, 4.69) is 106 Å². The average Bonchev–Trinajstić information content (AvgIpc) is 3.38. The van der Waals surface area contributed by atoms with Crippen molar-refractivity contribution in [3.63, 3.8) is 0 Å². The van der Waals surface area contributed by atoms with Gasteiger partial charge in [0.15, 0.2) is 6.10 Å². The predicted octanol–water partition coefficient (Wildman–Crippen LogP) is 20.7. The first-order chi connectivity index (χ1) is 35.5. The normalized spacial score (nSPS) is 12.7. The van der Waals surface area contributed by atoms with Crippen LogP contribution in [0.1, 0.15) is 297 Å². The van der Waals surface area contributed by atoms with E-state index in [1.165, 1.54) is 141 Å². The second kappa shape index (κ2) is 60.1. The van der Waals surface area contributed by atoms with Crippen molar-refractivity contribution in [3.8, 4) is 0 Å². The second-order valence-corrected chi connectivity index (χ2v) is 20.2. The summed E-state index contributed by atoms with van der Waals surface area (Å²) in [6, 6.07) is 0. The number of ether oxygens (including phenoxy) is 3. The highest BCUT2D eigenvalue weighted by Gasteiger charge is 2.19. The Hall–Kier alpha value is -3.41. The molecule has 0 spiro atoms. The van der Waals surface area contributed by atoms with Crippen molar-refractivity contribution in [2.24, 2.45) is 0 Å². The fourth-order valence-corrected chi connectivity index (χ4v) is 8.55. The quantitative estimate of drug-likeness (QED) is 0.0261. The zero-order valence-corrected chi connectivity index (χ0v) is 47.4. The molecule has 0 aliphatic carbocycles. The summed E-state index contributed by atoms with van der Waals surface area (Å²) in [7, 11) is 0. The number of allylic oxidation sites excluding steroid dienone is 14. The van der Waals surface area contributed by atoms with Gasteiger partial charge in [0.05, 0.1) is 0 Å². The number of hydrogen-bond acceptors (Lipinski definition) is 6. The van der Waals surface area contributed by atoms with E-state index in [-0.39, 0.29) is 31.1 Å². The molecule has 6 heteroatoms. The molecule has 1 atom stereocenters. The molecule has 0 saturated heterocycles. The number of unbranched alkanes of at least 4 members (excludes halogenated alkanes) is 30. The molecule has 0 radical (unpaired) electrons. The van der Waals surface area contributed by atoms with Gasteiger partial charge >= 0.3 is 17.9 Å². The summed E-state index contributed by atoms with van der Waals surface area (Å²) in [6.45, 7) is 6.50. The van der Waals surface area contributed by atoms with Gasteiger partial charge in [0.2, 0.25) is 0 Å². The molecule has 0 N–H and O–H groups in total. The number of esters is 3. The van der Waals surface area contributed by atoms with Gasteiger partial charge in [-0.25, -0.2) is 0 Å². The molecule has 414 valence electrons. The Morgan fingerprint density at radius 2 is 0.556 bits per heavy atom. The molecule has 0 aliphatic rings. The summed E-state index contributed by atoms with van der Waals surface area (Å²) >= 11 is 0. The Kier molecular flexibility index (Phi) is 57.3. The fourth-order valence-electron chi connectivity index (χ4n) is 8.55. The summed E-state index contributed by atoms with van der Waals surface area (Å²) in [4.78, 5) is 38.2. The monoisotopic (exact) mass is 1000 g/mol. The summed E-state index contributed by atoms with van der Waals surface area (Å²) in [5, 5.41) is 0. The van der Waals surface area contributed by atoms with Crippen LogP contribution in [0.2, 0.25) is 0 Å². The predicted molar refractivity (Wildman–Crippen MR) is 311 cm³/mol. The molecule has 0 rings (SSSR count). The molecule has 0 amide bonds. The van der Waals surface area contributed by atoms with Crippen LogP contribution < -0.4 is 0 Å². The van der Waals surface area contributed by atoms with Gasteiger partial charge in [-0.15, -0.1) is 0 Å². The Balaban J connectivity index is 4.33. The van der Waals surface area contributed by atoms with E-state index in [0.717, 1.165) is 116 Å². The lowest BCUT2D eigenvalue weighted by Crippen LogP contribution is -2.30. The molecule has 0 bridgehead atoms. The minimum Gasteiger partial charge on any atom is -0.462 e. The largest absolute Gasteiger partial charge is 0.462 e. The van der Waals surface area contributed by atoms with E-state index in [1.54, 1.807) is 0 Å². The zero-order valence-electron chi connectivity index (χ0n) is 47.4. The Labute approximate surface area is 445 Å². The molecule has 72 heavy (non-hydrogen) atoms. The third-order valence-electron chi connectivity index (χ3n) is 13.1. The summed E-state index contributed by atoms with van der Waals surface area (Å²) in [5.74, 6) is -0.890. The number of carbonyl (C=O) groups excluding carboxylic acids is 3. The van der Waals surface area contributed by atoms with Crippen molar-refractivity contribution in [1.82, 2.24) is 0 Å². The van der Waals surface area contributed by atoms with Gasteiger partial charge in [-0.3, -0.25) is 14.4 Å². The third-order valence-corrected chi connectivity index (χ3v) is 13.1. The highest BCUT2D eigenvalue weighted by Crippen LogP contribution is 2.16. The Bertz CT molecular complexity index is 1380. The van der Waals surface area contributed by atoms with Gasteiger partial charge in [0.1, 0.15) is 13.2 Å². The second-order valence-electron chi connectivity index (χ2n) is 20.2. The fraction of sp³-hybridized carbons (Fsp3) is 0.742. The van der Waals surface area contributed by atoms with Crippen molar-refractivity contribution in [1.29, 1.82) is 0 Å². The maximum Gasteiger partial charge on any atom is 0.306 e. The lowest BCUT2D eigenvalue weighted by Gasteiger charge is -2.18. The SMILES string of the molecule is CC/C=C\C/C=C\C/C=C\C/C=C\C/C=C\CCCCCCCCCCCC(=O)OCC(COC(=O)CCCCCCC/C=C\C/C=C\CCCC)OC(=O)CCCCCCCCCCCCCCCCC. The van der Waals surface area contributed by atoms with E-state index in [9.17, 15) is 14.4 Å². The van der Waals surface area contributed by atoms with Crippen LogP contribution in [0.15, 0.2) is 85.1 Å². The summed E-state index contributed by atoms with van der Waals surface area (Å²) < 4.78 is 16.9. The molecule has 0 aliphatic heterocycles. The zero-order chi connectivity index (χ0) is 52.2. The average molecular weight is 1000 g/mol. The van der Waals surface area contributed by atoms with Crippen LogP contribution in [0.4, 0.5) is 0 Å². The first-order valence-electron chi connectivity index (χ1n) is 30.6. The topological polar surface area (TPSA) is 78.9 Å². The van der Waals surface area contributed by atoms with Crippen LogP contribution in [-0.4, -0.2) is 37.2 Å². The first kappa shape index (κ1) is 68.6. The lowest BCUT2D eigenvalue weighted by atomic mass is 10.0. The number of hydrogen-bond donors (Lipinski definition) is 0. The van der Waals surface area contributed by atoms with Crippen LogP contribution in [0.25, 0.3) is 0 Å². The number of rotatable bonds is 55. The molecule has 0 fully saturated rings. The molecular weight excluding hydrogens is 889 g/mol. The van der Waals surface area contributed by atoms with Crippen LogP contribution in [0, 0.1) is 0 Å². The molecule has 0 aromatic rings. The number of carbonyl (C=O) groups is 3. The van der Waals surface area contributed by atoms with Crippen LogP contribution in [-0.2, 0) is 28.6 Å². The highest BCUT2D eigenvalue weighted by atomic mass is 16.6. The van der Waals surface area contributed by atoms with E-state index in [0.29, 0.717) is 19.3 Å². The van der Waals surface area contributed by atoms with Crippen molar-refractivity contribution in [3.05, 3.63) is 85.1 Å². The highest BCUT2D eigenvalue weighted by molar-refractivity contribution is 5.71. The van der Waals surface area contributed by atoms with E-state index < -0.39 is 6.10 Å². The molecular formula is C66H114O6. The van der Waals surface area contributed by atoms with Gasteiger partial charge in [-0.1, -0.05) is 273 Å². The van der Waals surface area contributed by atoms with Crippen LogP contribution in [0.5, 0.6) is 0 Å². The Morgan fingerprint density at radius 3 is 0.889 bits per heavy atom. The van der Waals surface area contributed by atoms with Gasteiger partial charge in [0.25, 0.3) is 0 Å². The van der Waals surface area contributed by atoms with E-state index in [4.69, 9.17) is 14.2 Å². The molecule has 0 saturated carbocycles. The van der Waals surface area contributed by atoms with E-state index >= 15 is 0 Å². The molecule has 1 unspecified atom stereocenters. The third kappa shape index (κ3) is 57.5. The van der Waals surface area contributed by atoms with E-state index in [1.807, 2.05) is 0 Å². The molecule has 0 aromatic heterocycles. The standard InChI is InChI=1S/C66H114O6/c1-4-7-10-13-16-19-22-25-28-29-30-31-32-33-34-35-36-37-39-41-44-47-50-53-56-59-65(68)71-62-63(61-70-64(67)58-55-52-49-46-43-40-27-24-21-18-15-12-9-6-3)72-66(69)60-57-54-51-48-45-42-38-26-23-20-17-14-11-8-5-2/h7,10,15-16,18-19,24-25,27-28,30-31,33-34,63H,4-6,8-9,11-14,17,20-23,26,29,32,35-62H2,1-3H3/b10-7-,18-15-,19-16-,27-24-,28-25-,31-30-,34-33-. The minimum atomic E-state index is -0.784. The van der Waals surface area contributed by atoms with Crippen LogP contribution in [0.3, 0.4) is 0 Å². The maximum absolute atomic E-state index is 12.9. The smallest absolute Gasteiger partial charge is 0.306 e. The summed E-state index contributed by atoms with van der Waals surface area (Å²) in [5.41, 5.74) is 0. The summed E-state index contributed by atoms with van der Waals surface area (Å²) in [6.07, 6.45) is 78.6. The minimum absolute atomic E-state index is 0.0820. The molecule has 0 aromatic carbocycles. The van der Waals surface area contributed by atoms with Crippen LogP contribution >= 0.6 is 0 Å². The van der Waals surface area contributed by atoms with Gasteiger partial charge in [-0.2, -0.15) is 0 Å². The molecule has 6 nitrogen and oxygen atoms in total. The maximum atomic E-state index is 12.9. The van der Waals surface area contributed by atoms with Gasteiger partial charge in [-0.05, 0) is 89.9 Å². The van der Waals surface area contributed by atoms with Crippen molar-refractivity contribution < 1.29 is 28.6 Å². The first-order valence-corrected chi connectivity index (χ1v) is 30.6. The van der Waals surface area contributed by atoms with Gasteiger partial charge in [0, 0.05) is 19.3 Å².